The molecule has 3 rings (SSSR count). The van der Waals surface area contributed by atoms with Gasteiger partial charge in [0.25, 0.3) is 11.8 Å². The van der Waals surface area contributed by atoms with Gasteiger partial charge in [0.2, 0.25) is 0 Å². The summed E-state index contributed by atoms with van der Waals surface area (Å²) in [5, 5.41) is 5.67. The summed E-state index contributed by atoms with van der Waals surface area (Å²) < 4.78 is 0. The highest BCUT2D eigenvalue weighted by molar-refractivity contribution is 6.09. The summed E-state index contributed by atoms with van der Waals surface area (Å²) in [7, 11) is 0. The molecule has 5 heteroatoms. The number of nitrogens with one attached hydrogen (secondary N) is 3. The monoisotopic (exact) mass is 319 g/mol. The lowest BCUT2D eigenvalue weighted by Gasteiger charge is -2.13. The molecule has 0 fully saturated rings. The second kappa shape index (κ2) is 6.83. The minimum atomic E-state index is -0.263. The van der Waals surface area contributed by atoms with Crippen LogP contribution in [0.15, 0.2) is 66.9 Å². The Bertz CT molecular complexity index is 856. The fraction of sp³-hybridized carbons (Fsp3) is 0.0526. The molecule has 0 aliphatic carbocycles. The molecule has 5 nitrogen and oxygen atoms in total. The highest BCUT2D eigenvalue weighted by Gasteiger charge is 2.13. The smallest absolute Gasteiger partial charge is 0.272 e. The van der Waals surface area contributed by atoms with Crippen LogP contribution in [0.1, 0.15) is 26.4 Å². The van der Waals surface area contributed by atoms with Gasteiger partial charge in [-0.05, 0) is 48.9 Å². The van der Waals surface area contributed by atoms with E-state index in [1.54, 1.807) is 48.7 Å². The standard InChI is InChI=1S/C19H17N3O2/c1-13-9-10-15(21-18(23)14-6-3-2-4-7-14)17(12-13)22-19(24)16-8-5-11-20-16/h2-12,20H,1H3,(H,21,23)(H,22,24). The normalized spacial score (nSPS) is 10.2. The molecule has 2 aromatic carbocycles. The van der Waals surface area contributed by atoms with E-state index < -0.39 is 0 Å². The number of aromatic nitrogens is 1. The predicted molar refractivity (Wildman–Crippen MR) is 94.3 cm³/mol. The Morgan fingerprint density at radius 3 is 2.29 bits per heavy atom. The van der Waals surface area contributed by atoms with E-state index in [9.17, 15) is 9.59 Å². The van der Waals surface area contributed by atoms with Crippen molar-refractivity contribution in [1.29, 1.82) is 0 Å². The van der Waals surface area contributed by atoms with Crippen LogP contribution in [0.5, 0.6) is 0 Å². The zero-order chi connectivity index (χ0) is 16.9. The molecule has 3 N–H and O–H groups in total. The number of amides is 2. The molecule has 0 aliphatic rings. The Hall–Kier alpha value is -3.34. The van der Waals surface area contributed by atoms with E-state index in [1.165, 1.54) is 0 Å². The number of aryl methyl sites for hydroxylation is 1. The van der Waals surface area contributed by atoms with Gasteiger partial charge in [-0.15, -0.1) is 0 Å². The van der Waals surface area contributed by atoms with Crippen LogP contribution in [-0.2, 0) is 0 Å². The zero-order valence-electron chi connectivity index (χ0n) is 13.2. The Labute approximate surface area is 139 Å². The van der Waals surface area contributed by atoms with Crippen molar-refractivity contribution in [3.05, 3.63) is 83.7 Å². The zero-order valence-corrected chi connectivity index (χ0v) is 13.2. The first-order chi connectivity index (χ1) is 11.6. The van der Waals surface area contributed by atoms with Gasteiger partial charge in [0.05, 0.1) is 11.4 Å². The van der Waals surface area contributed by atoms with Crippen LogP contribution in [0.3, 0.4) is 0 Å². The van der Waals surface area contributed by atoms with E-state index in [2.05, 4.69) is 15.6 Å². The molecule has 0 aliphatic heterocycles. The molecule has 24 heavy (non-hydrogen) atoms. The van der Waals surface area contributed by atoms with Crippen molar-refractivity contribution < 1.29 is 9.59 Å². The van der Waals surface area contributed by atoms with Crippen molar-refractivity contribution in [2.75, 3.05) is 10.6 Å². The summed E-state index contributed by atoms with van der Waals surface area (Å²) in [6.07, 6.45) is 1.68. The van der Waals surface area contributed by atoms with Crippen LogP contribution in [0.2, 0.25) is 0 Å². The Morgan fingerprint density at radius 2 is 1.58 bits per heavy atom. The third-order valence-electron chi connectivity index (χ3n) is 3.55. The lowest BCUT2D eigenvalue weighted by atomic mass is 10.1. The molecule has 1 heterocycles. The third-order valence-corrected chi connectivity index (χ3v) is 3.55. The highest BCUT2D eigenvalue weighted by atomic mass is 16.2. The maximum Gasteiger partial charge on any atom is 0.272 e. The number of anilines is 2. The van der Waals surface area contributed by atoms with E-state index in [0.29, 0.717) is 22.6 Å². The molecule has 120 valence electrons. The van der Waals surface area contributed by atoms with E-state index in [0.717, 1.165) is 5.56 Å². The van der Waals surface area contributed by atoms with E-state index >= 15 is 0 Å². The number of rotatable bonds is 4. The van der Waals surface area contributed by atoms with Gasteiger partial charge < -0.3 is 15.6 Å². The van der Waals surface area contributed by atoms with Crippen molar-refractivity contribution >= 4 is 23.2 Å². The molecule has 0 saturated heterocycles. The summed E-state index contributed by atoms with van der Waals surface area (Å²) in [4.78, 5) is 27.4. The first-order valence-corrected chi connectivity index (χ1v) is 7.55. The van der Waals surface area contributed by atoms with Crippen molar-refractivity contribution in [2.24, 2.45) is 0 Å². The molecule has 0 radical (unpaired) electrons. The highest BCUT2D eigenvalue weighted by Crippen LogP contribution is 2.24. The van der Waals surface area contributed by atoms with Gasteiger partial charge >= 0.3 is 0 Å². The molecule has 1 aromatic heterocycles. The minimum absolute atomic E-state index is 0.227. The van der Waals surface area contributed by atoms with Crippen molar-refractivity contribution in [3.8, 4) is 0 Å². The van der Waals surface area contributed by atoms with Gasteiger partial charge in [-0.2, -0.15) is 0 Å². The second-order valence-electron chi connectivity index (χ2n) is 5.41. The number of H-pyrrole nitrogens is 1. The lowest BCUT2D eigenvalue weighted by Crippen LogP contribution is -2.17. The van der Waals surface area contributed by atoms with Crippen LogP contribution < -0.4 is 10.6 Å². The molecule has 0 atom stereocenters. The molecular weight excluding hydrogens is 302 g/mol. The van der Waals surface area contributed by atoms with Crippen molar-refractivity contribution in [1.82, 2.24) is 4.98 Å². The summed E-state index contributed by atoms with van der Waals surface area (Å²) in [5.74, 6) is -0.490. The fourth-order valence-corrected chi connectivity index (χ4v) is 2.32. The number of benzene rings is 2. The van der Waals surface area contributed by atoms with Gasteiger partial charge in [-0.1, -0.05) is 24.3 Å². The van der Waals surface area contributed by atoms with Crippen LogP contribution in [0, 0.1) is 6.92 Å². The minimum Gasteiger partial charge on any atom is -0.357 e. The maximum atomic E-state index is 12.3. The SMILES string of the molecule is Cc1ccc(NC(=O)c2ccccc2)c(NC(=O)c2ccc[nH]2)c1. The number of carbonyl (C=O) groups is 2. The molecule has 0 bridgehead atoms. The Balaban J connectivity index is 1.83. The summed E-state index contributed by atoms with van der Waals surface area (Å²) in [6.45, 7) is 1.92. The predicted octanol–water partition coefficient (Wildman–Crippen LogP) is 3.83. The average molecular weight is 319 g/mol. The molecule has 0 unspecified atom stereocenters. The van der Waals surface area contributed by atoms with Gasteiger partial charge in [0.15, 0.2) is 0 Å². The number of aromatic amines is 1. The summed E-state index contributed by atoms with van der Waals surface area (Å²) in [6, 6.07) is 17.9. The topological polar surface area (TPSA) is 74.0 Å². The number of carbonyl (C=O) groups excluding carboxylic acids is 2. The Kier molecular flexibility index (Phi) is 4.43. The molecule has 3 aromatic rings. The Morgan fingerprint density at radius 1 is 0.833 bits per heavy atom. The fourth-order valence-electron chi connectivity index (χ4n) is 2.32. The third kappa shape index (κ3) is 3.52. The van der Waals surface area contributed by atoms with Crippen molar-refractivity contribution in [3.63, 3.8) is 0 Å². The summed E-state index contributed by atoms with van der Waals surface area (Å²) in [5.41, 5.74) is 3.10. The van der Waals surface area contributed by atoms with Crippen LogP contribution >= 0.6 is 0 Å². The van der Waals surface area contributed by atoms with Gasteiger partial charge in [-0.25, -0.2) is 0 Å². The van der Waals surface area contributed by atoms with Crippen molar-refractivity contribution in [2.45, 2.75) is 6.92 Å². The van der Waals surface area contributed by atoms with E-state index in [1.807, 2.05) is 25.1 Å². The van der Waals surface area contributed by atoms with Crippen LogP contribution in [0.4, 0.5) is 11.4 Å². The van der Waals surface area contributed by atoms with E-state index in [-0.39, 0.29) is 11.8 Å². The lowest BCUT2D eigenvalue weighted by molar-refractivity contribution is 0.101. The largest absolute Gasteiger partial charge is 0.357 e. The maximum absolute atomic E-state index is 12.3. The second-order valence-corrected chi connectivity index (χ2v) is 5.41. The average Bonchev–Trinajstić information content (AvgIpc) is 3.13. The first kappa shape index (κ1) is 15.6. The molecule has 2 amide bonds. The molecule has 0 saturated carbocycles. The van der Waals surface area contributed by atoms with E-state index in [4.69, 9.17) is 0 Å². The molecule has 0 spiro atoms. The first-order valence-electron chi connectivity index (χ1n) is 7.55. The number of hydrogen-bond acceptors (Lipinski definition) is 2. The van der Waals surface area contributed by atoms with Crippen LogP contribution in [0.25, 0.3) is 0 Å². The van der Waals surface area contributed by atoms with Gasteiger partial charge in [-0.3, -0.25) is 9.59 Å². The van der Waals surface area contributed by atoms with Gasteiger partial charge in [0.1, 0.15) is 5.69 Å². The molecular formula is C19H17N3O2. The van der Waals surface area contributed by atoms with Gasteiger partial charge in [0, 0.05) is 11.8 Å². The number of hydrogen-bond donors (Lipinski definition) is 3. The summed E-state index contributed by atoms with van der Waals surface area (Å²) >= 11 is 0. The van der Waals surface area contributed by atoms with Crippen LogP contribution in [-0.4, -0.2) is 16.8 Å². The quantitative estimate of drug-likeness (QED) is 0.684.